The Labute approximate surface area is 166 Å². The fraction of sp³-hybridized carbons (Fsp3) is 0.850. The molecular formula is C20H24O9. The van der Waals surface area contributed by atoms with Crippen molar-refractivity contribution in [3.63, 3.8) is 0 Å². The van der Waals surface area contributed by atoms with Crippen molar-refractivity contribution in [1.82, 2.24) is 0 Å². The van der Waals surface area contributed by atoms with Crippen LogP contribution in [0.2, 0.25) is 0 Å². The lowest BCUT2D eigenvalue weighted by molar-refractivity contribution is -0.238. The molecule has 2 N–H and O–H groups in total. The molecule has 2 aliphatic carbocycles. The Bertz CT molecular complexity index is 893. The van der Waals surface area contributed by atoms with E-state index >= 15 is 0 Å². The maximum absolute atomic E-state index is 13.3. The summed E-state index contributed by atoms with van der Waals surface area (Å²) in [4.78, 5) is 38.1. The van der Waals surface area contributed by atoms with Crippen LogP contribution in [0.25, 0.3) is 0 Å². The van der Waals surface area contributed by atoms with Gasteiger partial charge in [-0.05, 0) is 24.7 Å². The van der Waals surface area contributed by atoms with Crippen LogP contribution in [-0.2, 0) is 33.3 Å². The van der Waals surface area contributed by atoms with Crippen molar-refractivity contribution >= 4 is 17.9 Å². The number of aliphatic hydroxyl groups excluding tert-OH is 1. The Morgan fingerprint density at radius 3 is 2.38 bits per heavy atom. The molecule has 0 aromatic carbocycles. The van der Waals surface area contributed by atoms with Gasteiger partial charge in [0.1, 0.15) is 12.2 Å². The topological polar surface area (TPSA) is 129 Å². The average molecular weight is 408 g/mol. The lowest BCUT2D eigenvalue weighted by atomic mass is 9.51. The summed E-state index contributed by atoms with van der Waals surface area (Å²) in [7, 11) is 0. The highest BCUT2D eigenvalue weighted by Gasteiger charge is 3.01. The Morgan fingerprint density at radius 1 is 1.03 bits per heavy atom. The highest BCUT2D eigenvalue weighted by Crippen LogP contribution is 2.84. The summed E-state index contributed by atoms with van der Waals surface area (Å²) in [5.74, 6) is -3.52. The fourth-order valence-electron chi connectivity index (χ4n) is 8.06. The third kappa shape index (κ3) is 1.35. The Kier molecular flexibility index (Phi) is 2.79. The van der Waals surface area contributed by atoms with E-state index in [4.69, 9.17) is 18.9 Å². The van der Waals surface area contributed by atoms with Gasteiger partial charge in [0.05, 0.1) is 16.7 Å². The number of carbonyl (C=O) groups excluding carboxylic acids is 3. The second-order valence-corrected chi connectivity index (χ2v) is 10.6. The van der Waals surface area contributed by atoms with Gasteiger partial charge in [0.2, 0.25) is 11.9 Å². The molecular weight excluding hydrogens is 384 g/mol. The predicted molar refractivity (Wildman–Crippen MR) is 90.6 cm³/mol. The van der Waals surface area contributed by atoms with Crippen molar-refractivity contribution in [2.45, 2.75) is 76.3 Å². The molecule has 0 amide bonds. The smallest absolute Gasteiger partial charge is 0.342 e. The molecule has 0 bridgehead atoms. The molecule has 9 heteroatoms. The van der Waals surface area contributed by atoms with Gasteiger partial charge in [0.25, 0.3) is 0 Å². The average Bonchev–Trinajstić information content (AvgIpc) is 3.31. The molecule has 6 rings (SSSR count). The third-order valence-electron chi connectivity index (χ3n) is 8.97. The van der Waals surface area contributed by atoms with Crippen LogP contribution < -0.4 is 0 Å². The zero-order chi connectivity index (χ0) is 20.9. The van der Waals surface area contributed by atoms with Gasteiger partial charge in [0.15, 0.2) is 11.7 Å². The number of aliphatic hydroxyl groups is 2. The van der Waals surface area contributed by atoms with E-state index in [0.717, 1.165) is 0 Å². The first-order chi connectivity index (χ1) is 13.4. The first-order valence-electron chi connectivity index (χ1n) is 10.1. The van der Waals surface area contributed by atoms with Gasteiger partial charge in [-0.1, -0.05) is 20.8 Å². The number of ether oxygens (including phenoxy) is 4. The maximum atomic E-state index is 13.3. The van der Waals surface area contributed by atoms with Gasteiger partial charge in [-0.3, -0.25) is 4.79 Å². The molecule has 158 valence electrons. The molecule has 4 aliphatic heterocycles. The minimum Gasteiger partial charge on any atom is -0.459 e. The SMILES string of the molecule is C[C@@H]1C(=O)O[C@@H]2C[C@]34C5CC(C(C)(C)C)[C@]36C(O)C(=O)O[C@@H]6O[C@@]4(C(=O)O5)[C@@]12O. The van der Waals surface area contributed by atoms with Crippen molar-refractivity contribution in [1.29, 1.82) is 0 Å². The minimum absolute atomic E-state index is 0.0623. The number of hydrogen-bond donors (Lipinski definition) is 2. The molecule has 3 unspecified atom stereocenters. The number of hydrogen-bond acceptors (Lipinski definition) is 9. The molecule has 0 aromatic rings. The van der Waals surface area contributed by atoms with E-state index in [9.17, 15) is 24.6 Å². The van der Waals surface area contributed by atoms with E-state index in [0.29, 0.717) is 6.42 Å². The number of carbonyl (C=O) groups is 3. The Hall–Kier alpha value is -1.71. The third-order valence-corrected chi connectivity index (χ3v) is 8.97. The molecule has 6 fully saturated rings. The van der Waals surface area contributed by atoms with E-state index in [1.54, 1.807) is 0 Å². The van der Waals surface area contributed by atoms with E-state index in [2.05, 4.69) is 0 Å². The summed E-state index contributed by atoms with van der Waals surface area (Å²) in [5.41, 5.74) is -6.81. The molecule has 10 atom stereocenters. The van der Waals surface area contributed by atoms with Crippen molar-refractivity contribution in [3.05, 3.63) is 0 Å². The molecule has 2 spiro atoms. The van der Waals surface area contributed by atoms with Gasteiger partial charge >= 0.3 is 17.9 Å². The van der Waals surface area contributed by atoms with Crippen molar-refractivity contribution < 1.29 is 43.5 Å². The Balaban J connectivity index is 1.68. The summed E-state index contributed by atoms with van der Waals surface area (Å²) in [5, 5.41) is 23.0. The second kappa shape index (κ2) is 4.48. The maximum Gasteiger partial charge on any atom is 0.342 e. The van der Waals surface area contributed by atoms with E-state index in [1.165, 1.54) is 6.92 Å². The molecule has 4 saturated heterocycles. The first-order valence-corrected chi connectivity index (χ1v) is 10.1. The molecule has 2 saturated carbocycles. The standard InChI is InChI=1S/C20H24O9/c1-7-12(22)26-10-6-17-9-5-8(16(2,3)4)18(17)11(21)13(23)28-15(18)29-20(17,14(24)27-9)19(7,10)25/h7-11,15,21,25H,5-6H2,1-4H3/t7-,8?,9?,10-,11?,15-,17+,18-,19-,20-/m1/s1. The van der Waals surface area contributed by atoms with E-state index < -0.39 is 70.5 Å². The fourth-order valence-corrected chi connectivity index (χ4v) is 8.06. The summed E-state index contributed by atoms with van der Waals surface area (Å²) < 4.78 is 22.9. The van der Waals surface area contributed by atoms with Gasteiger partial charge < -0.3 is 29.2 Å². The largest absolute Gasteiger partial charge is 0.459 e. The second-order valence-electron chi connectivity index (χ2n) is 10.6. The summed E-state index contributed by atoms with van der Waals surface area (Å²) in [6, 6.07) is 0. The Morgan fingerprint density at radius 2 is 1.72 bits per heavy atom. The summed E-state index contributed by atoms with van der Waals surface area (Å²) >= 11 is 0. The molecule has 0 radical (unpaired) electrons. The van der Waals surface area contributed by atoms with Crippen molar-refractivity contribution in [3.8, 4) is 0 Å². The lowest BCUT2D eigenvalue weighted by Crippen LogP contribution is -2.66. The van der Waals surface area contributed by atoms with Crippen LogP contribution in [-0.4, -0.2) is 63.9 Å². The molecule has 6 aliphatic rings. The molecule has 29 heavy (non-hydrogen) atoms. The number of esters is 3. The van der Waals surface area contributed by atoms with Crippen LogP contribution in [0.1, 0.15) is 40.5 Å². The van der Waals surface area contributed by atoms with Crippen LogP contribution in [0.5, 0.6) is 0 Å². The van der Waals surface area contributed by atoms with Crippen molar-refractivity contribution in [2.24, 2.45) is 28.1 Å². The van der Waals surface area contributed by atoms with Crippen LogP contribution in [0.15, 0.2) is 0 Å². The zero-order valence-electron chi connectivity index (χ0n) is 16.6. The number of rotatable bonds is 0. The minimum atomic E-state index is -1.97. The molecule has 0 aromatic heterocycles. The predicted octanol–water partition coefficient (Wildman–Crippen LogP) is -0.340. The highest BCUT2D eigenvalue weighted by atomic mass is 16.8. The van der Waals surface area contributed by atoms with Crippen LogP contribution in [0.3, 0.4) is 0 Å². The van der Waals surface area contributed by atoms with Crippen LogP contribution in [0, 0.1) is 28.1 Å². The highest BCUT2D eigenvalue weighted by molar-refractivity contribution is 5.93. The van der Waals surface area contributed by atoms with Gasteiger partial charge in [0, 0.05) is 6.42 Å². The van der Waals surface area contributed by atoms with E-state index in [1.807, 2.05) is 20.8 Å². The normalized spacial score (nSPS) is 59.2. The summed E-state index contributed by atoms with van der Waals surface area (Å²) in [6.07, 6.45) is -3.96. The van der Waals surface area contributed by atoms with Crippen LogP contribution >= 0.6 is 0 Å². The zero-order valence-corrected chi connectivity index (χ0v) is 16.6. The number of fused-ring (bicyclic) bond motifs is 1. The van der Waals surface area contributed by atoms with Gasteiger partial charge in [-0.2, -0.15) is 0 Å². The van der Waals surface area contributed by atoms with Crippen molar-refractivity contribution in [2.75, 3.05) is 0 Å². The van der Waals surface area contributed by atoms with Gasteiger partial charge in [-0.25, -0.2) is 9.59 Å². The summed E-state index contributed by atoms with van der Waals surface area (Å²) in [6.45, 7) is 7.47. The molecule has 9 nitrogen and oxygen atoms in total. The first kappa shape index (κ1) is 18.1. The lowest BCUT2D eigenvalue weighted by Gasteiger charge is -2.46. The molecule has 4 heterocycles. The monoisotopic (exact) mass is 408 g/mol. The van der Waals surface area contributed by atoms with E-state index in [-0.39, 0.29) is 17.8 Å². The van der Waals surface area contributed by atoms with Gasteiger partial charge in [-0.15, -0.1) is 0 Å². The quantitative estimate of drug-likeness (QED) is 0.408. The van der Waals surface area contributed by atoms with Crippen LogP contribution in [0.4, 0.5) is 0 Å².